The number of para-hydroxylation sites is 1. The topological polar surface area (TPSA) is 64.0 Å². The van der Waals surface area contributed by atoms with Crippen LogP contribution in [-0.2, 0) is 0 Å². The number of amides is 1. The van der Waals surface area contributed by atoms with Crippen molar-refractivity contribution >= 4 is 23.2 Å². The second-order valence-corrected chi connectivity index (χ2v) is 5.21. The molecule has 1 aromatic heterocycles. The molecular weight excluding hydrogens is 314 g/mol. The SMILES string of the molecule is O=C(Nc1cccc(Cl)c1)c1nn(-c2ccccc2)ccc1=O. The third-order valence-electron chi connectivity index (χ3n) is 3.13. The molecule has 6 heteroatoms. The maximum Gasteiger partial charge on any atom is 0.280 e. The molecule has 0 aliphatic heterocycles. The van der Waals surface area contributed by atoms with Crippen molar-refractivity contribution in [3.63, 3.8) is 0 Å². The fraction of sp³-hybridized carbons (Fsp3) is 0. The number of halogens is 1. The van der Waals surface area contributed by atoms with E-state index in [1.54, 1.807) is 24.3 Å². The molecule has 0 radical (unpaired) electrons. The normalized spacial score (nSPS) is 10.3. The zero-order valence-corrected chi connectivity index (χ0v) is 12.7. The van der Waals surface area contributed by atoms with Crippen LogP contribution in [0.25, 0.3) is 5.69 Å². The van der Waals surface area contributed by atoms with E-state index in [0.717, 1.165) is 5.69 Å². The Hall–Kier alpha value is -2.92. The Balaban J connectivity index is 1.93. The standard InChI is InChI=1S/C17H12ClN3O2/c18-12-5-4-6-13(11-12)19-17(23)16-15(22)9-10-21(20-16)14-7-2-1-3-8-14/h1-11H,(H,19,23). The van der Waals surface area contributed by atoms with Gasteiger partial charge in [-0.1, -0.05) is 35.9 Å². The summed E-state index contributed by atoms with van der Waals surface area (Å²) in [7, 11) is 0. The van der Waals surface area contributed by atoms with Gasteiger partial charge in [-0.3, -0.25) is 9.59 Å². The fourth-order valence-electron chi connectivity index (χ4n) is 2.05. The van der Waals surface area contributed by atoms with Crippen LogP contribution in [0, 0.1) is 0 Å². The molecule has 0 saturated carbocycles. The Labute approximate surface area is 137 Å². The van der Waals surface area contributed by atoms with Gasteiger partial charge in [-0.25, -0.2) is 4.68 Å². The molecule has 5 nitrogen and oxygen atoms in total. The molecular formula is C17H12ClN3O2. The van der Waals surface area contributed by atoms with E-state index >= 15 is 0 Å². The summed E-state index contributed by atoms with van der Waals surface area (Å²) in [5.41, 5.74) is 0.621. The van der Waals surface area contributed by atoms with Crippen LogP contribution in [0.2, 0.25) is 5.02 Å². The van der Waals surface area contributed by atoms with Crippen LogP contribution in [0.4, 0.5) is 5.69 Å². The van der Waals surface area contributed by atoms with Gasteiger partial charge in [0.15, 0.2) is 5.69 Å². The molecule has 1 heterocycles. The Morgan fingerprint density at radius 3 is 2.57 bits per heavy atom. The molecule has 3 rings (SSSR count). The number of carbonyl (C=O) groups is 1. The molecule has 23 heavy (non-hydrogen) atoms. The molecule has 0 bridgehead atoms. The highest BCUT2D eigenvalue weighted by atomic mass is 35.5. The second kappa shape index (κ2) is 6.46. The Morgan fingerprint density at radius 1 is 1.04 bits per heavy atom. The highest BCUT2D eigenvalue weighted by molar-refractivity contribution is 6.30. The Morgan fingerprint density at radius 2 is 1.83 bits per heavy atom. The molecule has 0 aliphatic carbocycles. The van der Waals surface area contributed by atoms with Crippen LogP contribution in [0.3, 0.4) is 0 Å². The molecule has 1 amide bonds. The van der Waals surface area contributed by atoms with Gasteiger partial charge in [0.05, 0.1) is 5.69 Å². The molecule has 0 unspecified atom stereocenters. The average Bonchev–Trinajstić information content (AvgIpc) is 2.56. The van der Waals surface area contributed by atoms with Crippen molar-refractivity contribution in [3.05, 3.63) is 87.8 Å². The minimum absolute atomic E-state index is 0.184. The van der Waals surface area contributed by atoms with Gasteiger partial charge < -0.3 is 5.32 Å². The monoisotopic (exact) mass is 325 g/mol. The van der Waals surface area contributed by atoms with Crippen molar-refractivity contribution in [1.29, 1.82) is 0 Å². The summed E-state index contributed by atoms with van der Waals surface area (Å²) in [6, 6.07) is 17.2. The van der Waals surface area contributed by atoms with Crippen LogP contribution in [0.15, 0.2) is 71.7 Å². The maximum atomic E-state index is 12.3. The van der Waals surface area contributed by atoms with E-state index in [1.165, 1.54) is 16.9 Å². The van der Waals surface area contributed by atoms with Gasteiger partial charge in [0.2, 0.25) is 5.43 Å². The zero-order valence-electron chi connectivity index (χ0n) is 11.9. The predicted molar refractivity (Wildman–Crippen MR) is 89.2 cm³/mol. The molecule has 0 aliphatic rings. The lowest BCUT2D eigenvalue weighted by Crippen LogP contribution is -2.25. The second-order valence-electron chi connectivity index (χ2n) is 4.77. The third-order valence-corrected chi connectivity index (χ3v) is 3.36. The van der Waals surface area contributed by atoms with E-state index in [4.69, 9.17) is 11.6 Å². The summed E-state index contributed by atoms with van der Waals surface area (Å²) in [4.78, 5) is 24.2. The molecule has 3 aromatic rings. The fourth-order valence-corrected chi connectivity index (χ4v) is 2.24. The van der Waals surface area contributed by atoms with E-state index in [1.807, 2.05) is 30.3 Å². The molecule has 114 valence electrons. The van der Waals surface area contributed by atoms with Crippen LogP contribution in [0.5, 0.6) is 0 Å². The highest BCUT2D eigenvalue weighted by Gasteiger charge is 2.13. The number of carbonyl (C=O) groups excluding carboxylic acids is 1. The van der Waals surface area contributed by atoms with E-state index in [2.05, 4.69) is 10.4 Å². The largest absolute Gasteiger partial charge is 0.320 e. The van der Waals surface area contributed by atoms with E-state index in [-0.39, 0.29) is 5.69 Å². The average molecular weight is 326 g/mol. The molecule has 0 spiro atoms. The van der Waals surface area contributed by atoms with Crippen LogP contribution >= 0.6 is 11.6 Å². The summed E-state index contributed by atoms with van der Waals surface area (Å²) in [6.07, 6.45) is 1.52. The van der Waals surface area contributed by atoms with Gasteiger partial charge in [0.1, 0.15) is 0 Å². The lowest BCUT2D eigenvalue weighted by molar-refractivity contribution is 0.101. The first-order valence-electron chi connectivity index (χ1n) is 6.86. The molecule has 1 N–H and O–H groups in total. The lowest BCUT2D eigenvalue weighted by Gasteiger charge is -2.08. The van der Waals surface area contributed by atoms with Crippen molar-refractivity contribution in [2.75, 3.05) is 5.32 Å². The summed E-state index contributed by atoms with van der Waals surface area (Å²) in [5, 5.41) is 7.23. The minimum Gasteiger partial charge on any atom is -0.320 e. The Bertz CT molecular complexity index is 907. The maximum absolute atomic E-state index is 12.3. The first-order chi connectivity index (χ1) is 11.1. The highest BCUT2D eigenvalue weighted by Crippen LogP contribution is 2.15. The molecule has 2 aromatic carbocycles. The molecule has 0 fully saturated rings. The first kappa shape index (κ1) is 15.0. The lowest BCUT2D eigenvalue weighted by atomic mass is 10.3. The van der Waals surface area contributed by atoms with E-state index < -0.39 is 11.3 Å². The summed E-state index contributed by atoms with van der Waals surface area (Å²) in [5.74, 6) is -0.581. The summed E-state index contributed by atoms with van der Waals surface area (Å²) >= 11 is 5.88. The van der Waals surface area contributed by atoms with Gasteiger partial charge in [0, 0.05) is 23.0 Å². The van der Waals surface area contributed by atoms with Gasteiger partial charge in [0.25, 0.3) is 5.91 Å². The third kappa shape index (κ3) is 3.46. The zero-order chi connectivity index (χ0) is 16.2. The first-order valence-corrected chi connectivity index (χ1v) is 7.23. The summed E-state index contributed by atoms with van der Waals surface area (Å²) in [6.45, 7) is 0. The molecule has 0 atom stereocenters. The number of aromatic nitrogens is 2. The van der Waals surface area contributed by atoms with Crippen molar-refractivity contribution in [1.82, 2.24) is 9.78 Å². The van der Waals surface area contributed by atoms with Gasteiger partial charge in [-0.15, -0.1) is 0 Å². The smallest absolute Gasteiger partial charge is 0.280 e. The van der Waals surface area contributed by atoms with Crippen LogP contribution < -0.4 is 10.7 Å². The predicted octanol–water partition coefficient (Wildman–Crippen LogP) is 3.14. The number of benzene rings is 2. The molecule has 0 saturated heterocycles. The number of hydrogen-bond donors (Lipinski definition) is 1. The van der Waals surface area contributed by atoms with E-state index in [9.17, 15) is 9.59 Å². The quantitative estimate of drug-likeness (QED) is 0.804. The van der Waals surface area contributed by atoms with Crippen molar-refractivity contribution in [2.24, 2.45) is 0 Å². The number of anilines is 1. The van der Waals surface area contributed by atoms with Crippen molar-refractivity contribution in [2.45, 2.75) is 0 Å². The van der Waals surface area contributed by atoms with Gasteiger partial charge >= 0.3 is 0 Å². The number of rotatable bonds is 3. The van der Waals surface area contributed by atoms with Crippen LogP contribution in [0.1, 0.15) is 10.5 Å². The van der Waals surface area contributed by atoms with Crippen LogP contribution in [-0.4, -0.2) is 15.7 Å². The number of hydrogen-bond acceptors (Lipinski definition) is 3. The summed E-state index contributed by atoms with van der Waals surface area (Å²) < 4.78 is 1.48. The Kier molecular flexibility index (Phi) is 4.21. The van der Waals surface area contributed by atoms with E-state index in [0.29, 0.717) is 10.7 Å². The number of nitrogens with zero attached hydrogens (tertiary/aromatic N) is 2. The van der Waals surface area contributed by atoms with Gasteiger partial charge in [-0.2, -0.15) is 5.10 Å². The number of nitrogens with one attached hydrogen (secondary N) is 1. The van der Waals surface area contributed by atoms with Gasteiger partial charge in [-0.05, 0) is 30.3 Å². The van der Waals surface area contributed by atoms with Crippen molar-refractivity contribution in [3.8, 4) is 5.69 Å². The van der Waals surface area contributed by atoms with Crippen molar-refractivity contribution < 1.29 is 4.79 Å². The minimum atomic E-state index is -0.581.